The largest absolute Gasteiger partial charge is 0.478 e. The van der Waals surface area contributed by atoms with E-state index in [0.717, 1.165) is 6.20 Å². The Morgan fingerprint density at radius 3 is 2.55 bits per heavy atom. The predicted molar refractivity (Wildman–Crippen MR) is 68.2 cm³/mol. The van der Waals surface area contributed by atoms with Gasteiger partial charge in [-0.05, 0) is 0 Å². The quantitative estimate of drug-likeness (QED) is 0.444. The fraction of sp³-hybridized carbons (Fsp3) is 0.500. The van der Waals surface area contributed by atoms with Crippen molar-refractivity contribution in [3.63, 3.8) is 0 Å². The smallest absolute Gasteiger partial charge is 0.340 e. The standard InChI is InChI=1S/C8H14N4O6S2/c1-2-10-19(15,16)4-3-11-20(17,18)7-6(8(13)14)5-9-12-7/h5,10-11H,2-4H2,1H3,(H,9,12)(H,13,14). The number of carboxylic acid groups (broad SMARTS) is 1. The Bertz CT molecular complexity index is 678. The van der Waals surface area contributed by atoms with Crippen LogP contribution in [0.15, 0.2) is 11.2 Å². The number of H-pyrrole nitrogens is 1. The highest BCUT2D eigenvalue weighted by molar-refractivity contribution is 7.90. The maximum absolute atomic E-state index is 11.8. The molecule has 0 spiro atoms. The van der Waals surface area contributed by atoms with Crippen molar-refractivity contribution in [2.45, 2.75) is 11.9 Å². The SMILES string of the molecule is CCNS(=O)(=O)CCNS(=O)(=O)c1[nH]ncc1C(=O)O. The number of aromatic nitrogens is 2. The second kappa shape index (κ2) is 6.30. The molecule has 0 bridgehead atoms. The van der Waals surface area contributed by atoms with E-state index in [1.165, 1.54) is 0 Å². The molecular weight excluding hydrogens is 312 g/mol. The number of carboxylic acids is 1. The molecule has 0 fully saturated rings. The zero-order chi connectivity index (χ0) is 15.4. The number of sulfonamides is 2. The Hall–Kier alpha value is -1.50. The van der Waals surface area contributed by atoms with Crippen LogP contribution < -0.4 is 9.44 Å². The topological polar surface area (TPSA) is 158 Å². The highest BCUT2D eigenvalue weighted by Gasteiger charge is 2.24. The normalized spacial score (nSPS) is 12.4. The molecule has 1 aromatic rings. The van der Waals surface area contributed by atoms with Gasteiger partial charge >= 0.3 is 5.97 Å². The number of hydrogen-bond acceptors (Lipinski definition) is 6. The van der Waals surface area contributed by atoms with Crippen LogP contribution in [-0.2, 0) is 20.0 Å². The van der Waals surface area contributed by atoms with Crippen LogP contribution in [0, 0.1) is 0 Å². The summed E-state index contributed by atoms with van der Waals surface area (Å²) < 4.78 is 50.4. The van der Waals surface area contributed by atoms with Crippen molar-refractivity contribution in [3.05, 3.63) is 11.8 Å². The Balaban J connectivity index is 2.77. The summed E-state index contributed by atoms with van der Waals surface area (Å²) in [6.45, 7) is 1.39. The molecule has 0 aromatic carbocycles. The summed E-state index contributed by atoms with van der Waals surface area (Å²) in [5.41, 5.74) is -0.521. The molecule has 1 heterocycles. The third-order valence-electron chi connectivity index (χ3n) is 2.13. The second-order valence-corrected chi connectivity index (χ2v) is 7.26. The van der Waals surface area contributed by atoms with E-state index < -0.39 is 48.9 Å². The molecule has 0 aliphatic carbocycles. The number of aromatic amines is 1. The minimum atomic E-state index is -4.17. The molecule has 12 heteroatoms. The average molecular weight is 326 g/mol. The Morgan fingerprint density at radius 2 is 2.00 bits per heavy atom. The van der Waals surface area contributed by atoms with E-state index in [-0.39, 0.29) is 6.54 Å². The Labute approximate surface area is 115 Å². The molecule has 20 heavy (non-hydrogen) atoms. The second-order valence-electron chi connectivity index (χ2n) is 3.63. The lowest BCUT2D eigenvalue weighted by molar-refractivity contribution is 0.0692. The van der Waals surface area contributed by atoms with Gasteiger partial charge in [0.2, 0.25) is 10.0 Å². The highest BCUT2D eigenvalue weighted by atomic mass is 32.2. The lowest BCUT2D eigenvalue weighted by atomic mass is 10.4. The summed E-state index contributed by atoms with van der Waals surface area (Å²) in [6, 6.07) is 0. The van der Waals surface area contributed by atoms with Gasteiger partial charge in [-0.3, -0.25) is 5.10 Å². The third kappa shape index (κ3) is 4.26. The molecule has 0 saturated heterocycles. The minimum Gasteiger partial charge on any atom is -0.478 e. The zero-order valence-corrected chi connectivity index (χ0v) is 12.1. The average Bonchev–Trinajstić information content (AvgIpc) is 2.77. The first kappa shape index (κ1) is 16.6. The van der Waals surface area contributed by atoms with Gasteiger partial charge in [-0.25, -0.2) is 31.1 Å². The summed E-state index contributed by atoms with van der Waals surface area (Å²) in [5.74, 6) is -1.92. The van der Waals surface area contributed by atoms with E-state index in [0.29, 0.717) is 0 Å². The summed E-state index contributed by atoms with van der Waals surface area (Å²) in [6.07, 6.45) is 0.853. The van der Waals surface area contributed by atoms with Crippen LogP contribution in [0.2, 0.25) is 0 Å². The van der Waals surface area contributed by atoms with Gasteiger partial charge < -0.3 is 5.11 Å². The fourth-order valence-electron chi connectivity index (χ4n) is 1.31. The molecule has 1 aromatic heterocycles. The molecule has 4 N–H and O–H groups in total. The molecule has 0 aliphatic heterocycles. The Kier molecular flexibility index (Phi) is 5.21. The maximum atomic E-state index is 11.8. The van der Waals surface area contributed by atoms with Crippen molar-refractivity contribution in [2.24, 2.45) is 0 Å². The van der Waals surface area contributed by atoms with Gasteiger partial charge in [0.25, 0.3) is 10.0 Å². The van der Waals surface area contributed by atoms with Crippen LogP contribution in [0.3, 0.4) is 0 Å². The van der Waals surface area contributed by atoms with Crippen molar-refractivity contribution in [2.75, 3.05) is 18.8 Å². The van der Waals surface area contributed by atoms with Gasteiger partial charge in [0.15, 0.2) is 5.03 Å². The van der Waals surface area contributed by atoms with Crippen LogP contribution >= 0.6 is 0 Å². The molecule has 1 rings (SSSR count). The van der Waals surface area contributed by atoms with E-state index in [4.69, 9.17) is 5.11 Å². The van der Waals surface area contributed by atoms with Crippen molar-refractivity contribution >= 4 is 26.0 Å². The molecule has 0 amide bonds. The van der Waals surface area contributed by atoms with Crippen LogP contribution in [0.4, 0.5) is 0 Å². The van der Waals surface area contributed by atoms with Gasteiger partial charge in [0.05, 0.1) is 11.9 Å². The van der Waals surface area contributed by atoms with Crippen LogP contribution in [0.5, 0.6) is 0 Å². The number of nitrogens with one attached hydrogen (secondary N) is 3. The summed E-state index contributed by atoms with van der Waals surface area (Å²) in [4.78, 5) is 10.8. The zero-order valence-electron chi connectivity index (χ0n) is 10.5. The number of rotatable bonds is 8. The molecule has 114 valence electrons. The number of nitrogens with zero attached hydrogens (tertiary/aromatic N) is 1. The van der Waals surface area contributed by atoms with E-state index in [9.17, 15) is 21.6 Å². The molecule has 0 radical (unpaired) electrons. The summed E-state index contributed by atoms with van der Waals surface area (Å²) >= 11 is 0. The monoisotopic (exact) mass is 326 g/mol. The van der Waals surface area contributed by atoms with Crippen LogP contribution in [-0.4, -0.2) is 57.0 Å². The first-order chi connectivity index (χ1) is 9.19. The van der Waals surface area contributed by atoms with Crippen molar-refractivity contribution in [1.29, 1.82) is 0 Å². The van der Waals surface area contributed by atoms with Gasteiger partial charge in [-0.2, -0.15) is 5.10 Å². The van der Waals surface area contributed by atoms with E-state index in [1.54, 1.807) is 6.92 Å². The highest BCUT2D eigenvalue weighted by Crippen LogP contribution is 2.11. The summed E-state index contributed by atoms with van der Waals surface area (Å²) in [5, 5.41) is 13.6. The van der Waals surface area contributed by atoms with Gasteiger partial charge in [0, 0.05) is 13.1 Å². The van der Waals surface area contributed by atoms with Crippen molar-refractivity contribution in [3.8, 4) is 0 Å². The lowest BCUT2D eigenvalue weighted by Gasteiger charge is -2.06. The molecular formula is C8H14N4O6S2. The lowest BCUT2D eigenvalue weighted by Crippen LogP contribution is -2.34. The van der Waals surface area contributed by atoms with Gasteiger partial charge in [-0.15, -0.1) is 0 Å². The van der Waals surface area contributed by atoms with Gasteiger partial charge in [0.1, 0.15) is 5.56 Å². The van der Waals surface area contributed by atoms with Crippen molar-refractivity contribution < 1.29 is 26.7 Å². The first-order valence-corrected chi connectivity index (χ1v) is 8.57. The molecule has 10 nitrogen and oxygen atoms in total. The van der Waals surface area contributed by atoms with Gasteiger partial charge in [-0.1, -0.05) is 6.92 Å². The van der Waals surface area contributed by atoms with E-state index in [2.05, 4.69) is 14.9 Å². The molecule has 0 unspecified atom stereocenters. The third-order valence-corrected chi connectivity index (χ3v) is 5.03. The minimum absolute atomic E-state index is 0.193. The molecule has 0 saturated carbocycles. The maximum Gasteiger partial charge on any atom is 0.340 e. The fourth-order valence-corrected chi connectivity index (χ4v) is 3.51. The van der Waals surface area contributed by atoms with E-state index >= 15 is 0 Å². The summed E-state index contributed by atoms with van der Waals surface area (Å²) in [7, 11) is -7.74. The first-order valence-electron chi connectivity index (χ1n) is 5.43. The number of carbonyl (C=O) groups is 1. The van der Waals surface area contributed by atoms with Crippen LogP contribution in [0.1, 0.15) is 17.3 Å². The van der Waals surface area contributed by atoms with Crippen LogP contribution in [0.25, 0.3) is 0 Å². The molecule has 0 atom stereocenters. The predicted octanol–water partition coefficient (Wildman–Crippen LogP) is -1.67. The van der Waals surface area contributed by atoms with Crippen molar-refractivity contribution in [1.82, 2.24) is 19.6 Å². The van der Waals surface area contributed by atoms with E-state index in [1.807, 2.05) is 4.72 Å². The number of hydrogen-bond donors (Lipinski definition) is 4. The Morgan fingerprint density at radius 1 is 1.35 bits per heavy atom. The molecule has 0 aliphatic rings. The number of aromatic carboxylic acids is 1.